The molecule has 34 heavy (non-hydrogen) atoms. The summed E-state index contributed by atoms with van der Waals surface area (Å²) in [5, 5.41) is 15.7. The molecule has 0 unspecified atom stereocenters. The first-order valence-electron chi connectivity index (χ1n) is 10.4. The maximum Gasteiger partial charge on any atom is 0.251 e. The van der Waals surface area contributed by atoms with Crippen molar-refractivity contribution in [2.45, 2.75) is 0 Å². The fraction of sp³-hybridized carbons (Fsp3) is 0.217. The van der Waals surface area contributed by atoms with Crippen LogP contribution in [0.15, 0.2) is 48.5 Å². The van der Waals surface area contributed by atoms with Crippen LogP contribution in [0.4, 0.5) is 0 Å². The van der Waals surface area contributed by atoms with Gasteiger partial charge in [0.05, 0.1) is 20.8 Å². The second-order valence-electron chi connectivity index (χ2n) is 7.21. The van der Waals surface area contributed by atoms with Crippen LogP contribution in [0.5, 0.6) is 28.9 Å². The average Bonchev–Trinajstić information content (AvgIpc) is 3.52. The van der Waals surface area contributed by atoms with Crippen molar-refractivity contribution in [2.75, 3.05) is 34.2 Å². The number of carbonyl (C=O) groups is 1. The number of methoxy groups -OCH3 is 2. The van der Waals surface area contributed by atoms with Crippen molar-refractivity contribution < 1.29 is 28.5 Å². The number of ether oxygens (including phenoxy) is 5. The minimum absolute atomic E-state index is 0.158. The molecule has 2 aromatic carbocycles. The molecule has 11 heteroatoms. The van der Waals surface area contributed by atoms with E-state index < -0.39 is 0 Å². The zero-order valence-electron chi connectivity index (χ0n) is 18.5. The monoisotopic (exact) mass is 463 g/mol. The topological polar surface area (TPSA) is 118 Å². The van der Waals surface area contributed by atoms with Crippen molar-refractivity contribution in [3.63, 3.8) is 0 Å². The molecule has 1 N–H and O–H groups in total. The molecule has 0 aliphatic carbocycles. The SMILES string of the molecule is COc1ccc(-c2nnc3ccc(OCCNC(=O)c4ccc5c(c4)OCO5)nn23)cc1OC. The quantitative estimate of drug-likeness (QED) is 0.393. The third-order valence-electron chi connectivity index (χ3n) is 5.15. The Bertz CT molecular complexity index is 1360. The van der Waals surface area contributed by atoms with Crippen molar-refractivity contribution in [1.82, 2.24) is 25.1 Å². The van der Waals surface area contributed by atoms with Crippen LogP contribution < -0.4 is 29.0 Å². The molecule has 0 saturated heterocycles. The summed E-state index contributed by atoms with van der Waals surface area (Å²) in [6.45, 7) is 0.673. The molecule has 0 atom stereocenters. The number of fused-ring (bicyclic) bond motifs is 2. The summed E-state index contributed by atoms with van der Waals surface area (Å²) < 4.78 is 28.5. The summed E-state index contributed by atoms with van der Waals surface area (Å²) in [6, 6.07) is 13.9. The summed E-state index contributed by atoms with van der Waals surface area (Å²) in [5.41, 5.74) is 1.80. The van der Waals surface area contributed by atoms with E-state index in [2.05, 4.69) is 20.6 Å². The van der Waals surface area contributed by atoms with Gasteiger partial charge in [0.25, 0.3) is 5.91 Å². The summed E-state index contributed by atoms with van der Waals surface area (Å²) in [4.78, 5) is 12.4. The predicted octanol–water partition coefficient (Wildman–Crippen LogP) is 2.35. The highest BCUT2D eigenvalue weighted by Crippen LogP contribution is 2.33. The van der Waals surface area contributed by atoms with Crippen LogP contribution in [0.2, 0.25) is 0 Å². The first-order valence-corrected chi connectivity index (χ1v) is 10.4. The molecule has 11 nitrogen and oxygen atoms in total. The van der Waals surface area contributed by atoms with Crippen LogP contribution in [-0.4, -0.2) is 59.9 Å². The zero-order chi connectivity index (χ0) is 23.5. The first kappa shape index (κ1) is 21.3. The van der Waals surface area contributed by atoms with Crippen molar-refractivity contribution in [3.05, 3.63) is 54.1 Å². The highest BCUT2D eigenvalue weighted by molar-refractivity contribution is 5.94. The van der Waals surface area contributed by atoms with Gasteiger partial charge in [0, 0.05) is 17.2 Å². The number of carbonyl (C=O) groups excluding carboxylic acids is 1. The highest BCUT2D eigenvalue weighted by Gasteiger charge is 2.16. The van der Waals surface area contributed by atoms with E-state index in [9.17, 15) is 4.79 Å². The van der Waals surface area contributed by atoms with Crippen molar-refractivity contribution >= 4 is 11.6 Å². The molecule has 0 spiro atoms. The van der Waals surface area contributed by atoms with E-state index in [4.69, 9.17) is 23.7 Å². The van der Waals surface area contributed by atoms with Gasteiger partial charge in [-0.15, -0.1) is 15.3 Å². The molecule has 0 radical (unpaired) electrons. The van der Waals surface area contributed by atoms with E-state index >= 15 is 0 Å². The molecule has 1 aliphatic rings. The van der Waals surface area contributed by atoms with E-state index in [0.29, 0.717) is 45.9 Å². The molecule has 4 aromatic rings. The van der Waals surface area contributed by atoms with E-state index in [1.165, 1.54) is 0 Å². The number of aromatic nitrogens is 4. The number of amides is 1. The van der Waals surface area contributed by atoms with Crippen LogP contribution in [0.25, 0.3) is 17.0 Å². The van der Waals surface area contributed by atoms with Gasteiger partial charge in [0.2, 0.25) is 12.7 Å². The lowest BCUT2D eigenvalue weighted by Crippen LogP contribution is -2.28. The maximum absolute atomic E-state index is 12.4. The summed E-state index contributed by atoms with van der Waals surface area (Å²) >= 11 is 0. The van der Waals surface area contributed by atoms with Gasteiger partial charge in [-0.25, -0.2) is 0 Å². The fourth-order valence-corrected chi connectivity index (χ4v) is 3.46. The van der Waals surface area contributed by atoms with Gasteiger partial charge in [0.15, 0.2) is 34.5 Å². The van der Waals surface area contributed by atoms with Crippen LogP contribution in [0.1, 0.15) is 10.4 Å². The van der Waals surface area contributed by atoms with Crippen LogP contribution in [0, 0.1) is 0 Å². The number of benzene rings is 2. The number of nitrogens with one attached hydrogen (secondary N) is 1. The molecule has 5 rings (SSSR count). The Balaban J connectivity index is 1.24. The normalized spacial score (nSPS) is 11.9. The molecule has 0 fully saturated rings. The summed E-state index contributed by atoms with van der Waals surface area (Å²) in [5.74, 6) is 3.02. The van der Waals surface area contributed by atoms with Crippen LogP contribution >= 0.6 is 0 Å². The third-order valence-corrected chi connectivity index (χ3v) is 5.15. The Morgan fingerprint density at radius 1 is 1.00 bits per heavy atom. The molecule has 3 heterocycles. The highest BCUT2D eigenvalue weighted by atomic mass is 16.7. The Morgan fingerprint density at radius 3 is 2.71 bits per heavy atom. The first-order chi connectivity index (χ1) is 16.7. The van der Waals surface area contributed by atoms with Crippen molar-refractivity contribution in [3.8, 4) is 40.3 Å². The van der Waals surface area contributed by atoms with E-state index in [-0.39, 0.29) is 25.9 Å². The minimum atomic E-state index is -0.236. The molecule has 2 aromatic heterocycles. The smallest absolute Gasteiger partial charge is 0.251 e. The molecule has 174 valence electrons. The standard InChI is InChI=1S/C23H21N5O6/c1-30-16-5-3-14(11-18(16)31-2)22-26-25-20-7-8-21(27-28(20)22)32-10-9-24-23(29)15-4-6-17-19(12-15)34-13-33-17/h3-8,11-12H,9-10,13H2,1-2H3,(H,24,29). The number of rotatable bonds is 8. The zero-order valence-corrected chi connectivity index (χ0v) is 18.5. The molecular formula is C23H21N5O6. The summed E-state index contributed by atoms with van der Waals surface area (Å²) in [6.07, 6.45) is 0. The lowest BCUT2D eigenvalue weighted by molar-refractivity contribution is 0.0946. The summed E-state index contributed by atoms with van der Waals surface area (Å²) in [7, 11) is 3.14. The maximum atomic E-state index is 12.4. The van der Waals surface area contributed by atoms with E-state index in [0.717, 1.165) is 5.56 Å². The minimum Gasteiger partial charge on any atom is -0.493 e. The van der Waals surface area contributed by atoms with E-state index in [1.807, 2.05) is 6.07 Å². The van der Waals surface area contributed by atoms with Gasteiger partial charge < -0.3 is 29.0 Å². The van der Waals surface area contributed by atoms with Gasteiger partial charge in [-0.3, -0.25) is 4.79 Å². The number of hydrogen-bond donors (Lipinski definition) is 1. The Labute approximate surface area is 194 Å². The second kappa shape index (κ2) is 9.14. The van der Waals surface area contributed by atoms with Gasteiger partial charge >= 0.3 is 0 Å². The van der Waals surface area contributed by atoms with Gasteiger partial charge in [-0.1, -0.05) is 0 Å². The lowest BCUT2D eigenvalue weighted by Gasteiger charge is -2.09. The molecule has 0 saturated carbocycles. The average molecular weight is 463 g/mol. The second-order valence-corrected chi connectivity index (χ2v) is 7.21. The third kappa shape index (κ3) is 4.10. The van der Waals surface area contributed by atoms with Gasteiger partial charge in [-0.2, -0.15) is 4.52 Å². The van der Waals surface area contributed by atoms with E-state index in [1.54, 1.807) is 61.2 Å². The Kier molecular flexibility index (Phi) is 5.73. The molecule has 1 amide bonds. The Morgan fingerprint density at radius 2 is 1.85 bits per heavy atom. The number of hydrogen-bond acceptors (Lipinski definition) is 9. The van der Waals surface area contributed by atoms with Crippen molar-refractivity contribution in [1.29, 1.82) is 0 Å². The van der Waals surface area contributed by atoms with Gasteiger partial charge in [0.1, 0.15) is 6.61 Å². The van der Waals surface area contributed by atoms with Crippen LogP contribution in [0.3, 0.4) is 0 Å². The fourth-order valence-electron chi connectivity index (χ4n) is 3.46. The molecule has 1 aliphatic heterocycles. The van der Waals surface area contributed by atoms with Crippen molar-refractivity contribution in [2.24, 2.45) is 0 Å². The largest absolute Gasteiger partial charge is 0.493 e. The van der Waals surface area contributed by atoms with Gasteiger partial charge in [-0.05, 0) is 42.5 Å². The predicted molar refractivity (Wildman–Crippen MR) is 120 cm³/mol. The lowest BCUT2D eigenvalue weighted by atomic mass is 10.2. The molecular weight excluding hydrogens is 442 g/mol. The number of nitrogens with zero attached hydrogens (tertiary/aromatic N) is 4. The van der Waals surface area contributed by atoms with Crippen LogP contribution in [-0.2, 0) is 0 Å². The molecule has 0 bridgehead atoms. The Hall–Kier alpha value is -4.54.